The first-order valence-corrected chi connectivity index (χ1v) is 17.9. The molecule has 0 heterocycles. The zero-order valence-electron chi connectivity index (χ0n) is 27.4. The topological polar surface area (TPSA) is 104 Å². The van der Waals surface area contributed by atoms with Gasteiger partial charge >= 0.3 is 0 Å². The highest BCUT2D eigenvalue weighted by Crippen LogP contribution is 2.26. The number of primary amides is 1. The van der Waals surface area contributed by atoms with Crippen LogP contribution in [0.4, 0.5) is 0 Å². The highest BCUT2D eigenvalue weighted by Gasteiger charge is 2.34. The number of aliphatic hydroxyl groups is 3. The van der Waals surface area contributed by atoms with Gasteiger partial charge in [-0.05, 0) is 38.5 Å². The van der Waals surface area contributed by atoms with E-state index in [0.29, 0.717) is 12.8 Å². The SMILES string of the molecule is CCCCCCCCC=CCCCCCCC(C(N)=O)C(CO)C(O)C(O)CCCCCCCCCCCCCC. The molecule has 4 atom stereocenters. The number of unbranched alkanes of at least 4 members (excludes halogenated alkanes) is 21. The first-order valence-electron chi connectivity index (χ1n) is 17.9. The fourth-order valence-electron chi connectivity index (χ4n) is 5.95. The molecule has 1 amide bonds. The number of hydrogen-bond donors (Lipinski definition) is 4. The first-order chi connectivity index (χ1) is 20.0. The van der Waals surface area contributed by atoms with Crippen LogP contribution in [0.25, 0.3) is 0 Å². The average molecular weight is 582 g/mol. The van der Waals surface area contributed by atoms with Gasteiger partial charge < -0.3 is 21.1 Å². The maximum atomic E-state index is 12.2. The second-order valence-corrected chi connectivity index (χ2v) is 12.6. The van der Waals surface area contributed by atoms with Crippen LogP contribution in [0.3, 0.4) is 0 Å². The quantitative estimate of drug-likeness (QED) is 0.0469. The summed E-state index contributed by atoms with van der Waals surface area (Å²) in [5.74, 6) is -1.80. The number of amides is 1. The molecule has 5 heteroatoms. The minimum Gasteiger partial charge on any atom is -0.396 e. The van der Waals surface area contributed by atoms with Crippen LogP contribution in [0, 0.1) is 11.8 Å². The number of rotatable bonds is 32. The molecule has 0 rings (SSSR count). The van der Waals surface area contributed by atoms with Crippen molar-refractivity contribution in [1.82, 2.24) is 0 Å². The molecular formula is C36H71NO4. The third-order valence-electron chi connectivity index (χ3n) is 8.81. The largest absolute Gasteiger partial charge is 0.396 e. The third-order valence-corrected chi connectivity index (χ3v) is 8.81. The lowest BCUT2D eigenvalue weighted by atomic mass is 9.81. The van der Waals surface area contributed by atoms with Gasteiger partial charge in [-0.2, -0.15) is 0 Å². The maximum Gasteiger partial charge on any atom is 0.221 e. The Hall–Kier alpha value is -0.910. The second kappa shape index (κ2) is 30.5. The molecule has 4 unspecified atom stereocenters. The van der Waals surface area contributed by atoms with Gasteiger partial charge in [-0.1, -0.05) is 154 Å². The lowest BCUT2D eigenvalue weighted by molar-refractivity contribution is -0.129. The van der Waals surface area contributed by atoms with Gasteiger partial charge in [-0.3, -0.25) is 4.79 Å². The van der Waals surface area contributed by atoms with Crippen LogP contribution in [0.2, 0.25) is 0 Å². The minimum absolute atomic E-state index is 0.340. The summed E-state index contributed by atoms with van der Waals surface area (Å²) in [5.41, 5.74) is 5.67. The molecule has 0 fully saturated rings. The first kappa shape index (κ1) is 40.1. The Labute approximate surface area is 255 Å². The van der Waals surface area contributed by atoms with Crippen LogP contribution in [0.5, 0.6) is 0 Å². The monoisotopic (exact) mass is 582 g/mol. The molecule has 0 saturated carbocycles. The van der Waals surface area contributed by atoms with Crippen molar-refractivity contribution in [3.05, 3.63) is 12.2 Å². The third kappa shape index (κ3) is 24.3. The van der Waals surface area contributed by atoms with E-state index >= 15 is 0 Å². The Morgan fingerprint density at radius 3 is 1.34 bits per heavy atom. The molecule has 0 spiro atoms. The Morgan fingerprint density at radius 2 is 0.951 bits per heavy atom. The van der Waals surface area contributed by atoms with Crippen molar-refractivity contribution in [3.63, 3.8) is 0 Å². The molecule has 41 heavy (non-hydrogen) atoms. The van der Waals surface area contributed by atoms with E-state index in [1.54, 1.807) is 0 Å². The summed E-state index contributed by atoms with van der Waals surface area (Å²) in [6.07, 6.45) is 33.0. The van der Waals surface area contributed by atoms with Gasteiger partial charge in [-0.25, -0.2) is 0 Å². The lowest BCUT2D eigenvalue weighted by Gasteiger charge is -2.30. The lowest BCUT2D eigenvalue weighted by Crippen LogP contribution is -2.44. The van der Waals surface area contributed by atoms with Crippen LogP contribution in [-0.2, 0) is 4.79 Å². The van der Waals surface area contributed by atoms with Crippen LogP contribution in [-0.4, -0.2) is 40.0 Å². The van der Waals surface area contributed by atoms with Gasteiger partial charge in [0, 0.05) is 18.4 Å². The molecule has 0 saturated heterocycles. The van der Waals surface area contributed by atoms with Crippen molar-refractivity contribution in [3.8, 4) is 0 Å². The maximum absolute atomic E-state index is 12.2. The van der Waals surface area contributed by atoms with Crippen LogP contribution < -0.4 is 5.73 Å². The van der Waals surface area contributed by atoms with Gasteiger partial charge in [0.1, 0.15) is 0 Å². The molecule has 5 nitrogen and oxygen atoms in total. The number of aliphatic hydroxyl groups excluding tert-OH is 3. The van der Waals surface area contributed by atoms with E-state index in [2.05, 4.69) is 26.0 Å². The Bertz CT molecular complexity index is 582. The number of allylic oxidation sites excluding steroid dienone is 2. The molecule has 0 aliphatic rings. The Kier molecular flexibility index (Phi) is 29.9. The molecule has 0 bridgehead atoms. The second-order valence-electron chi connectivity index (χ2n) is 12.6. The van der Waals surface area contributed by atoms with Gasteiger partial charge in [-0.15, -0.1) is 0 Å². The zero-order chi connectivity index (χ0) is 30.4. The molecule has 5 N–H and O–H groups in total. The van der Waals surface area contributed by atoms with Crippen molar-refractivity contribution in [2.75, 3.05) is 6.61 Å². The molecule has 244 valence electrons. The van der Waals surface area contributed by atoms with E-state index in [0.717, 1.165) is 51.4 Å². The van der Waals surface area contributed by atoms with E-state index in [4.69, 9.17) is 5.73 Å². The molecule has 0 aromatic heterocycles. The van der Waals surface area contributed by atoms with Crippen LogP contribution in [0.15, 0.2) is 12.2 Å². The van der Waals surface area contributed by atoms with Gasteiger partial charge in [0.15, 0.2) is 0 Å². The molecule has 0 aromatic carbocycles. The molecule has 0 aliphatic heterocycles. The summed E-state index contributed by atoms with van der Waals surface area (Å²) in [7, 11) is 0. The van der Waals surface area contributed by atoms with Crippen molar-refractivity contribution in [2.45, 2.75) is 193 Å². The predicted octanol–water partition coefficient (Wildman–Crippen LogP) is 9.16. The summed E-state index contributed by atoms with van der Waals surface area (Å²) in [4.78, 5) is 12.2. The minimum atomic E-state index is -1.12. The molecular weight excluding hydrogens is 510 g/mol. The Balaban J connectivity index is 4.03. The van der Waals surface area contributed by atoms with Crippen molar-refractivity contribution >= 4 is 5.91 Å². The van der Waals surface area contributed by atoms with Crippen molar-refractivity contribution in [2.24, 2.45) is 17.6 Å². The van der Waals surface area contributed by atoms with E-state index in [1.165, 1.54) is 103 Å². The Morgan fingerprint density at radius 1 is 0.585 bits per heavy atom. The standard InChI is InChI=1S/C36H71NO4/c1-3-5-7-9-11-13-15-17-18-19-21-23-25-27-29-32(36(37)41)33(31-38)35(40)34(39)30-28-26-24-22-20-16-14-12-10-8-6-4-2/h17-18,32-35,38-40H,3-16,19-31H2,1-2H3,(H2,37,41). The number of nitrogens with two attached hydrogens (primary N) is 1. The molecule has 0 aliphatic carbocycles. The fourth-order valence-corrected chi connectivity index (χ4v) is 5.95. The van der Waals surface area contributed by atoms with Crippen LogP contribution in [0.1, 0.15) is 181 Å². The smallest absolute Gasteiger partial charge is 0.221 e. The van der Waals surface area contributed by atoms with Crippen LogP contribution >= 0.6 is 0 Å². The predicted molar refractivity (Wildman–Crippen MR) is 176 cm³/mol. The van der Waals surface area contributed by atoms with E-state index in [-0.39, 0.29) is 6.61 Å². The highest BCUT2D eigenvalue weighted by atomic mass is 16.3. The summed E-state index contributed by atoms with van der Waals surface area (Å²) in [5, 5.41) is 31.3. The van der Waals surface area contributed by atoms with Gasteiger partial charge in [0.2, 0.25) is 5.91 Å². The van der Waals surface area contributed by atoms with E-state index in [9.17, 15) is 20.1 Å². The van der Waals surface area contributed by atoms with Crippen molar-refractivity contribution in [1.29, 1.82) is 0 Å². The summed E-state index contributed by atoms with van der Waals surface area (Å²) >= 11 is 0. The van der Waals surface area contributed by atoms with Crippen molar-refractivity contribution < 1.29 is 20.1 Å². The van der Waals surface area contributed by atoms with E-state index in [1.807, 2.05) is 0 Å². The fraction of sp³-hybridized carbons (Fsp3) is 0.917. The number of carbonyl (C=O) groups is 1. The normalized spacial score (nSPS) is 14.9. The number of carbonyl (C=O) groups excluding carboxylic acids is 1. The average Bonchev–Trinajstić information content (AvgIpc) is 2.96. The van der Waals surface area contributed by atoms with E-state index < -0.39 is 30.0 Å². The zero-order valence-corrected chi connectivity index (χ0v) is 27.4. The summed E-state index contributed by atoms with van der Waals surface area (Å²) in [6, 6.07) is 0. The summed E-state index contributed by atoms with van der Waals surface area (Å²) < 4.78 is 0. The van der Waals surface area contributed by atoms with Gasteiger partial charge in [0.25, 0.3) is 0 Å². The highest BCUT2D eigenvalue weighted by molar-refractivity contribution is 5.77. The molecule has 0 aromatic rings. The molecule has 0 radical (unpaired) electrons. The summed E-state index contributed by atoms with van der Waals surface area (Å²) in [6.45, 7) is 4.17. The number of hydrogen-bond acceptors (Lipinski definition) is 4. The van der Waals surface area contributed by atoms with Gasteiger partial charge in [0.05, 0.1) is 12.2 Å².